The maximum atomic E-state index is 5.21. The van der Waals surface area contributed by atoms with Crippen molar-refractivity contribution in [2.75, 3.05) is 0 Å². The van der Waals surface area contributed by atoms with E-state index in [0.29, 0.717) is 0 Å². The largest absolute Gasteiger partial charge is 0.260 e. The third-order valence-electron chi connectivity index (χ3n) is 1.38. The van der Waals surface area contributed by atoms with Gasteiger partial charge in [0.25, 0.3) is 0 Å². The van der Waals surface area contributed by atoms with Crippen molar-refractivity contribution < 1.29 is 0 Å². The second-order valence-corrected chi connectivity index (χ2v) is 2.14. The first-order chi connectivity index (χ1) is 4.84. The van der Waals surface area contributed by atoms with Crippen LogP contribution in [0.15, 0.2) is 24.4 Å². The van der Waals surface area contributed by atoms with E-state index >= 15 is 0 Å². The molecule has 0 aliphatic rings. The van der Waals surface area contributed by atoms with E-state index in [9.17, 15) is 0 Å². The molecule has 1 aromatic heterocycles. The van der Waals surface area contributed by atoms with E-state index in [2.05, 4.69) is 10.9 Å². The summed E-state index contributed by atoms with van der Waals surface area (Å²) in [6, 6.07) is 5.76. The summed E-state index contributed by atoms with van der Waals surface area (Å²) in [5.74, 6) is 2.74. The SMILES string of the molecule is C#CC(C)c1ccccn1. The lowest BCUT2D eigenvalue weighted by Crippen LogP contribution is -1.91. The Morgan fingerprint density at radius 3 is 2.90 bits per heavy atom. The van der Waals surface area contributed by atoms with Crippen molar-refractivity contribution in [1.29, 1.82) is 0 Å². The highest BCUT2D eigenvalue weighted by molar-refractivity contribution is 5.17. The Morgan fingerprint density at radius 1 is 1.60 bits per heavy atom. The van der Waals surface area contributed by atoms with Crippen LogP contribution in [-0.2, 0) is 0 Å². The molecule has 0 spiro atoms. The minimum atomic E-state index is 0.126. The molecule has 0 radical (unpaired) electrons. The highest BCUT2D eigenvalue weighted by Crippen LogP contribution is 2.08. The molecule has 0 aromatic carbocycles. The van der Waals surface area contributed by atoms with Crippen LogP contribution in [0.3, 0.4) is 0 Å². The minimum absolute atomic E-state index is 0.126. The van der Waals surface area contributed by atoms with Crippen LogP contribution in [0.2, 0.25) is 0 Å². The van der Waals surface area contributed by atoms with Crippen molar-refractivity contribution in [3.05, 3.63) is 30.1 Å². The zero-order chi connectivity index (χ0) is 7.40. The minimum Gasteiger partial charge on any atom is -0.260 e. The van der Waals surface area contributed by atoms with Gasteiger partial charge in [-0.1, -0.05) is 12.0 Å². The van der Waals surface area contributed by atoms with Gasteiger partial charge in [-0.05, 0) is 19.1 Å². The molecule has 1 rings (SSSR count). The van der Waals surface area contributed by atoms with Gasteiger partial charge in [-0.2, -0.15) is 0 Å². The second-order valence-electron chi connectivity index (χ2n) is 2.14. The molecule has 0 fully saturated rings. The van der Waals surface area contributed by atoms with Crippen LogP contribution in [0, 0.1) is 12.3 Å². The summed E-state index contributed by atoms with van der Waals surface area (Å²) in [7, 11) is 0. The Labute approximate surface area is 61.1 Å². The van der Waals surface area contributed by atoms with E-state index in [1.165, 1.54) is 0 Å². The average molecular weight is 131 g/mol. The van der Waals surface area contributed by atoms with Gasteiger partial charge in [0, 0.05) is 6.20 Å². The molecule has 0 amide bonds. The highest BCUT2D eigenvalue weighted by atomic mass is 14.7. The normalized spacial score (nSPS) is 12.0. The topological polar surface area (TPSA) is 12.9 Å². The number of nitrogens with zero attached hydrogens (tertiary/aromatic N) is 1. The Hall–Kier alpha value is -1.29. The lowest BCUT2D eigenvalue weighted by molar-refractivity contribution is 0.937. The van der Waals surface area contributed by atoms with Gasteiger partial charge in [0.1, 0.15) is 0 Å². The van der Waals surface area contributed by atoms with Crippen LogP contribution in [0.25, 0.3) is 0 Å². The lowest BCUT2D eigenvalue weighted by atomic mass is 10.1. The quantitative estimate of drug-likeness (QED) is 0.530. The second kappa shape index (κ2) is 3.03. The van der Waals surface area contributed by atoms with E-state index in [4.69, 9.17) is 6.42 Å². The monoisotopic (exact) mass is 131 g/mol. The number of aromatic nitrogens is 1. The van der Waals surface area contributed by atoms with E-state index < -0.39 is 0 Å². The number of pyridine rings is 1. The third kappa shape index (κ3) is 1.35. The highest BCUT2D eigenvalue weighted by Gasteiger charge is 1.98. The van der Waals surface area contributed by atoms with Gasteiger partial charge in [-0.15, -0.1) is 6.42 Å². The van der Waals surface area contributed by atoms with Gasteiger partial charge < -0.3 is 0 Å². The summed E-state index contributed by atoms with van der Waals surface area (Å²) in [6.45, 7) is 1.96. The summed E-state index contributed by atoms with van der Waals surface area (Å²) in [5, 5.41) is 0. The summed E-state index contributed by atoms with van der Waals surface area (Å²) >= 11 is 0. The molecule has 10 heavy (non-hydrogen) atoms. The Morgan fingerprint density at radius 2 is 2.40 bits per heavy atom. The van der Waals surface area contributed by atoms with E-state index in [0.717, 1.165) is 5.69 Å². The van der Waals surface area contributed by atoms with E-state index in [-0.39, 0.29) is 5.92 Å². The Bertz CT molecular complexity index is 233. The number of hydrogen-bond donors (Lipinski definition) is 0. The van der Waals surface area contributed by atoms with Crippen molar-refractivity contribution in [2.45, 2.75) is 12.8 Å². The van der Waals surface area contributed by atoms with E-state index in [1.807, 2.05) is 25.1 Å². The van der Waals surface area contributed by atoms with Crippen LogP contribution < -0.4 is 0 Å². The molecule has 1 heterocycles. The molecule has 1 heteroatoms. The van der Waals surface area contributed by atoms with Crippen molar-refractivity contribution >= 4 is 0 Å². The number of hydrogen-bond acceptors (Lipinski definition) is 1. The molecule has 0 aliphatic carbocycles. The van der Waals surface area contributed by atoms with Gasteiger partial charge in [0.2, 0.25) is 0 Å². The third-order valence-corrected chi connectivity index (χ3v) is 1.38. The molecule has 50 valence electrons. The molecule has 0 saturated heterocycles. The summed E-state index contributed by atoms with van der Waals surface area (Å²) in [6.07, 6.45) is 6.97. The summed E-state index contributed by atoms with van der Waals surface area (Å²) in [5.41, 5.74) is 0.963. The number of terminal acetylenes is 1. The molecule has 1 nitrogen and oxygen atoms in total. The fraction of sp³-hybridized carbons (Fsp3) is 0.222. The predicted molar refractivity (Wildman–Crippen MR) is 41.5 cm³/mol. The molecule has 1 aromatic rings. The fourth-order valence-corrected chi connectivity index (χ4v) is 0.717. The Balaban J connectivity index is 2.88. The average Bonchev–Trinajstić information content (AvgIpc) is 2.05. The van der Waals surface area contributed by atoms with Gasteiger partial charge in [-0.25, -0.2) is 0 Å². The zero-order valence-electron chi connectivity index (χ0n) is 5.91. The molecule has 0 saturated carbocycles. The predicted octanol–water partition coefficient (Wildman–Crippen LogP) is 1.82. The molecular weight excluding hydrogens is 122 g/mol. The summed E-state index contributed by atoms with van der Waals surface area (Å²) in [4.78, 5) is 4.11. The van der Waals surface area contributed by atoms with Crippen LogP contribution in [0.4, 0.5) is 0 Å². The summed E-state index contributed by atoms with van der Waals surface area (Å²) < 4.78 is 0. The van der Waals surface area contributed by atoms with Gasteiger partial charge in [-0.3, -0.25) is 4.98 Å². The van der Waals surface area contributed by atoms with Crippen molar-refractivity contribution in [3.63, 3.8) is 0 Å². The molecule has 1 atom stereocenters. The zero-order valence-corrected chi connectivity index (χ0v) is 5.91. The molecule has 0 aliphatic heterocycles. The molecular formula is C9H9N. The van der Waals surface area contributed by atoms with Crippen LogP contribution in [0.1, 0.15) is 18.5 Å². The van der Waals surface area contributed by atoms with Crippen LogP contribution >= 0.6 is 0 Å². The van der Waals surface area contributed by atoms with Crippen molar-refractivity contribution in [1.82, 2.24) is 4.98 Å². The van der Waals surface area contributed by atoms with Gasteiger partial charge >= 0.3 is 0 Å². The first kappa shape index (κ1) is 6.82. The standard InChI is InChI=1S/C9H9N/c1-3-8(2)9-6-4-5-7-10-9/h1,4-8H,2H3. The van der Waals surface area contributed by atoms with Gasteiger partial charge in [0.05, 0.1) is 11.6 Å². The molecule has 0 bridgehead atoms. The maximum Gasteiger partial charge on any atom is 0.0594 e. The van der Waals surface area contributed by atoms with Gasteiger partial charge in [0.15, 0.2) is 0 Å². The van der Waals surface area contributed by atoms with Crippen molar-refractivity contribution in [3.8, 4) is 12.3 Å². The molecule has 0 N–H and O–H groups in total. The fourth-order valence-electron chi connectivity index (χ4n) is 0.717. The Kier molecular flexibility index (Phi) is 2.07. The van der Waals surface area contributed by atoms with Crippen LogP contribution in [-0.4, -0.2) is 4.98 Å². The first-order valence-corrected chi connectivity index (χ1v) is 3.21. The first-order valence-electron chi connectivity index (χ1n) is 3.21. The number of rotatable bonds is 1. The van der Waals surface area contributed by atoms with Crippen molar-refractivity contribution in [2.24, 2.45) is 0 Å². The smallest absolute Gasteiger partial charge is 0.0594 e. The lowest BCUT2D eigenvalue weighted by Gasteiger charge is -1.99. The molecule has 1 unspecified atom stereocenters. The maximum absolute atomic E-state index is 5.21. The van der Waals surface area contributed by atoms with Crippen LogP contribution in [0.5, 0.6) is 0 Å². The van der Waals surface area contributed by atoms with E-state index in [1.54, 1.807) is 6.20 Å².